The molecule has 3 rings (SSSR count). The minimum atomic E-state index is -0.265. The Hall–Kier alpha value is -3.22. The molecule has 1 aliphatic rings. The minimum absolute atomic E-state index is 0.0489. The fraction of sp³-hybridized carbons (Fsp3) is 0.391. The summed E-state index contributed by atoms with van der Waals surface area (Å²) in [6.45, 7) is 3.17. The first-order chi connectivity index (χ1) is 14.5. The van der Waals surface area contributed by atoms with E-state index in [4.69, 9.17) is 14.2 Å². The van der Waals surface area contributed by atoms with Crippen molar-refractivity contribution in [3.05, 3.63) is 48.0 Å². The lowest BCUT2D eigenvalue weighted by Gasteiger charge is -2.19. The topological polar surface area (TPSA) is 77.1 Å². The molecule has 2 aromatic rings. The van der Waals surface area contributed by atoms with Gasteiger partial charge in [-0.15, -0.1) is 0 Å². The van der Waals surface area contributed by atoms with Crippen LogP contribution in [0.4, 0.5) is 5.69 Å². The molecule has 1 fully saturated rings. The molecular formula is C23H28N2O5. The number of carbonyl (C=O) groups is 2. The van der Waals surface area contributed by atoms with E-state index in [2.05, 4.69) is 12.2 Å². The van der Waals surface area contributed by atoms with E-state index in [1.54, 1.807) is 61.6 Å². The smallest absolute Gasteiger partial charge is 0.251 e. The summed E-state index contributed by atoms with van der Waals surface area (Å²) in [6.07, 6.45) is 2.31. The number of nitrogens with zero attached hydrogens (tertiary/aromatic N) is 1. The van der Waals surface area contributed by atoms with Gasteiger partial charge in [-0.1, -0.05) is 13.3 Å². The zero-order valence-electron chi connectivity index (χ0n) is 17.6. The van der Waals surface area contributed by atoms with E-state index in [0.29, 0.717) is 35.9 Å². The van der Waals surface area contributed by atoms with Gasteiger partial charge in [0.1, 0.15) is 5.75 Å². The lowest BCUT2D eigenvalue weighted by molar-refractivity contribution is -0.117. The van der Waals surface area contributed by atoms with Gasteiger partial charge in [0.15, 0.2) is 11.5 Å². The summed E-state index contributed by atoms with van der Waals surface area (Å²) in [4.78, 5) is 26.8. The zero-order chi connectivity index (χ0) is 21.5. The first kappa shape index (κ1) is 21.5. The number of anilines is 1. The van der Waals surface area contributed by atoms with Crippen LogP contribution in [0.5, 0.6) is 17.2 Å². The number of nitrogens with one attached hydrogen (secondary N) is 1. The van der Waals surface area contributed by atoms with Crippen molar-refractivity contribution in [2.75, 3.05) is 32.3 Å². The third-order valence-corrected chi connectivity index (χ3v) is 5.02. The van der Waals surface area contributed by atoms with Gasteiger partial charge in [0.05, 0.1) is 26.9 Å². The Morgan fingerprint density at radius 1 is 1.10 bits per heavy atom. The van der Waals surface area contributed by atoms with Crippen molar-refractivity contribution in [1.82, 2.24) is 5.32 Å². The van der Waals surface area contributed by atoms with Crippen molar-refractivity contribution in [1.29, 1.82) is 0 Å². The highest BCUT2D eigenvalue weighted by Crippen LogP contribution is 2.33. The molecule has 1 atom stereocenters. The number of ether oxygens (including phenoxy) is 3. The number of methoxy groups -OCH3 is 2. The van der Waals surface area contributed by atoms with Gasteiger partial charge < -0.3 is 24.4 Å². The summed E-state index contributed by atoms with van der Waals surface area (Å²) in [6, 6.07) is 12.1. The fourth-order valence-corrected chi connectivity index (χ4v) is 3.35. The van der Waals surface area contributed by atoms with Crippen molar-refractivity contribution in [3.63, 3.8) is 0 Å². The Morgan fingerprint density at radius 2 is 1.83 bits per heavy atom. The fourth-order valence-electron chi connectivity index (χ4n) is 3.35. The second-order valence-corrected chi connectivity index (χ2v) is 7.14. The Bertz CT molecular complexity index is 882. The van der Waals surface area contributed by atoms with E-state index < -0.39 is 0 Å². The summed E-state index contributed by atoms with van der Waals surface area (Å²) < 4.78 is 16.2. The molecule has 2 aromatic carbocycles. The van der Waals surface area contributed by atoms with E-state index >= 15 is 0 Å². The van der Waals surface area contributed by atoms with E-state index in [0.717, 1.165) is 18.6 Å². The Kier molecular flexibility index (Phi) is 7.17. The molecule has 0 radical (unpaired) electrons. The number of hydrogen-bond donors (Lipinski definition) is 1. The van der Waals surface area contributed by atoms with Crippen LogP contribution in [-0.4, -0.2) is 45.2 Å². The van der Waals surface area contributed by atoms with Crippen molar-refractivity contribution < 1.29 is 23.8 Å². The van der Waals surface area contributed by atoms with Gasteiger partial charge in [-0.05, 0) is 42.8 Å². The number of rotatable bonds is 9. The Balaban J connectivity index is 1.60. The number of benzene rings is 2. The normalized spacial score (nSPS) is 15.8. The molecule has 1 heterocycles. The van der Waals surface area contributed by atoms with Crippen LogP contribution < -0.4 is 24.4 Å². The quantitative estimate of drug-likeness (QED) is 0.639. The van der Waals surface area contributed by atoms with Crippen molar-refractivity contribution in [3.8, 4) is 17.2 Å². The van der Waals surface area contributed by atoms with Gasteiger partial charge in [0, 0.05) is 30.3 Å². The molecule has 0 saturated carbocycles. The van der Waals surface area contributed by atoms with Crippen LogP contribution >= 0.6 is 0 Å². The lowest BCUT2D eigenvalue weighted by Crippen LogP contribution is -2.37. The highest BCUT2D eigenvalue weighted by molar-refractivity contribution is 5.99. The van der Waals surface area contributed by atoms with Crippen molar-refractivity contribution in [2.45, 2.75) is 32.2 Å². The van der Waals surface area contributed by atoms with Crippen LogP contribution in [-0.2, 0) is 4.79 Å². The summed E-state index contributed by atoms with van der Waals surface area (Å²) in [5, 5.41) is 2.95. The monoisotopic (exact) mass is 412 g/mol. The molecule has 0 aliphatic carbocycles. The van der Waals surface area contributed by atoms with Gasteiger partial charge in [0.25, 0.3) is 5.91 Å². The maximum atomic E-state index is 12.6. The molecule has 160 valence electrons. The number of hydrogen-bond acceptors (Lipinski definition) is 5. The average Bonchev–Trinajstić information content (AvgIpc) is 3.13. The molecule has 1 saturated heterocycles. The third kappa shape index (κ3) is 5.03. The standard InChI is InChI=1S/C23H28N2O5/c1-4-5-12-30-19-9-6-16(7-10-19)23(27)24-17-13-22(26)25(15-17)18-8-11-20(28-2)21(14-18)29-3/h6-11,14,17H,4-5,12-13,15H2,1-3H3,(H,24,27)/t17-/m1/s1. The first-order valence-electron chi connectivity index (χ1n) is 10.1. The second-order valence-electron chi connectivity index (χ2n) is 7.14. The summed E-state index contributed by atoms with van der Waals surface area (Å²) >= 11 is 0. The molecule has 0 unspecified atom stereocenters. The molecule has 2 amide bonds. The molecule has 0 spiro atoms. The van der Waals surface area contributed by atoms with Crippen LogP contribution in [0.3, 0.4) is 0 Å². The van der Waals surface area contributed by atoms with E-state index in [-0.39, 0.29) is 24.3 Å². The highest BCUT2D eigenvalue weighted by atomic mass is 16.5. The number of unbranched alkanes of at least 4 members (excludes halogenated alkanes) is 1. The first-order valence-corrected chi connectivity index (χ1v) is 10.1. The second kappa shape index (κ2) is 10.0. The molecule has 1 N–H and O–H groups in total. The molecular weight excluding hydrogens is 384 g/mol. The average molecular weight is 412 g/mol. The molecule has 30 heavy (non-hydrogen) atoms. The van der Waals surface area contributed by atoms with E-state index in [1.807, 2.05) is 0 Å². The van der Waals surface area contributed by atoms with Crippen LogP contribution in [0.15, 0.2) is 42.5 Å². The minimum Gasteiger partial charge on any atom is -0.494 e. The van der Waals surface area contributed by atoms with E-state index in [1.165, 1.54) is 0 Å². The maximum absolute atomic E-state index is 12.6. The van der Waals surface area contributed by atoms with Crippen molar-refractivity contribution >= 4 is 17.5 Å². The largest absolute Gasteiger partial charge is 0.494 e. The van der Waals surface area contributed by atoms with Gasteiger partial charge in [0.2, 0.25) is 5.91 Å². The maximum Gasteiger partial charge on any atom is 0.251 e. The highest BCUT2D eigenvalue weighted by Gasteiger charge is 2.32. The van der Waals surface area contributed by atoms with Crippen molar-refractivity contribution in [2.24, 2.45) is 0 Å². The third-order valence-electron chi connectivity index (χ3n) is 5.02. The molecule has 0 aromatic heterocycles. The number of amides is 2. The summed E-state index contributed by atoms with van der Waals surface area (Å²) in [5.74, 6) is 1.64. The predicted octanol–water partition coefficient (Wildman–Crippen LogP) is 3.42. The van der Waals surface area contributed by atoms with Gasteiger partial charge in [-0.2, -0.15) is 0 Å². The summed E-state index contributed by atoms with van der Waals surface area (Å²) in [7, 11) is 3.12. The van der Waals surface area contributed by atoms with Crippen LogP contribution in [0.25, 0.3) is 0 Å². The van der Waals surface area contributed by atoms with Gasteiger partial charge in [-0.3, -0.25) is 9.59 Å². The Labute approximate surface area is 176 Å². The van der Waals surface area contributed by atoms with Crippen LogP contribution in [0, 0.1) is 0 Å². The van der Waals surface area contributed by atoms with Crippen LogP contribution in [0.1, 0.15) is 36.5 Å². The SMILES string of the molecule is CCCCOc1ccc(C(=O)N[C@@H]2CC(=O)N(c3ccc(OC)c(OC)c3)C2)cc1. The van der Waals surface area contributed by atoms with E-state index in [9.17, 15) is 9.59 Å². The molecule has 7 heteroatoms. The molecule has 0 bridgehead atoms. The predicted molar refractivity (Wildman–Crippen MR) is 115 cm³/mol. The van der Waals surface area contributed by atoms with Gasteiger partial charge >= 0.3 is 0 Å². The van der Waals surface area contributed by atoms with Crippen LogP contribution in [0.2, 0.25) is 0 Å². The Morgan fingerprint density at radius 3 is 2.50 bits per heavy atom. The zero-order valence-corrected chi connectivity index (χ0v) is 17.6. The molecule has 7 nitrogen and oxygen atoms in total. The number of carbonyl (C=O) groups excluding carboxylic acids is 2. The molecule has 1 aliphatic heterocycles. The van der Waals surface area contributed by atoms with Gasteiger partial charge in [-0.25, -0.2) is 0 Å². The summed E-state index contributed by atoms with van der Waals surface area (Å²) in [5.41, 5.74) is 1.25. The lowest BCUT2D eigenvalue weighted by atomic mass is 10.1.